The van der Waals surface area contributed by atoms with Crippen LogP contribution in [0.15, 0.2) is 22.6 Å². The molecule has 2 rings (SSSR count). The van der Waals surface area contributed by atoms with Gasteiger partial charge in [-0.25, -0.2) is 0 Å². The smallest absolute Gasteiger partial charge is 0.246 e. The molecule has 0 aliphatic heterocycles. The van der Waals surface area contributed by atoms with Gasteiger partial charge in [-0.1, -0.05) is 6.92 Å². The molecule has 1 amide bonds. The van der Waals surface area contributed by atoms with Gasteiger partial charge in [0.2, 0.25) is 5.91 Å². The van der Waals surface area contributed by atoms with E-state index in [0.29, 0.717) is 30.6 Å². The number of nitriles is 1. The van der Waals surface area contributed by atoms with Crippen molar-refractivity contribution in [2.45, 2.75) is 25.7 Å². The lowest BCUT2D eigenvalue weighted by Crippen LogP contribution is -2.25. The van der Waals surface area contributed by atoms with Gasteiger partial charge in [-0.05, 0) is 30.5 Å². The van der Waals surface area contributed by atoms with E-state index in [2.05, 4.69) is 6.92 Å². The molecule has 100 valence electrons. The third kappa shape index (κ3) is 3.47. The minimum absolute atomic E-state index is 0.118. The second-order valence-electron chi connectivity index (χ2n) is 5.06. The summed E-state index contributed by atoms with van der Waals surface area (Å²) in [5, 5.41) is 8.47. The fourth-order valence-corrected chi connectivity index (χ4v) is 1.98. The molecule has 0 bridgehead atoms. The lowest BCUT2D eigenvalue weighted by atomic mass is 10.3. The molecule has 4 nitrogen and oxygen atoms in total. The Hall–Kier alpha value is -2.02. The number of likely N-dealkylation sites (N-methyl/N-ethyl adjacent to an activating group) is 1. The van der Waals surface area contributed by atoms with E-state index in [1.165, 1.54) is 17.4 Å². The molecular formula is C15H18N2O2. The molecule has 0 N–H and O–H groups in total. The molecule has 1 fully saturated rings. The second-order valence-corrected chi connectivity index (χ2v) is 5.06. The van der Waals surface area contributed by atoms with Gasteiger partial charge in [0.25, 0.3) is 0 Å². The third-order valence-corrected chi connectivity index (χ3v) is 3.45. The summed E-state index contributed by atoms with van der Waals surface area (Å²) in [5.41, 5.74) is 0. The Morgan fingerprint density at radius 3 is 3.00 bits per heavy atom. The van der Waals surface area contributed by atoms with Crippen LogP contribution in [0.5, 0.6) is 0 Å². The Morgan fingerprint density at radius 2 is 2.37 bits per heavy atom. The number of hydrogen-bond acceptors (Lipinski definition) is 3. The van der Waals surface area contributed by atoms with Gasteiger partial charge in [-0.3, -0.25) is 4.79 Å². The number of nitrogens with zero attached hydrogens (tertiary/aromatic N) is 2. The zero-order valence-electron chi connectivity index (χ0n) is 11.3. The fourth-order valence-electron chi connectivity index (χ4n) is 1.98. The summed E-state index contributed by atoms with van der Waals surface area (Å²) < 4.78 is 5.68. The van der Waals surface area contributed by atoms with Crippen molar-refractivity contribution in [3.05, 3.63) is 29.7 Å². The summed E-state index contributed by atoms with van der Waals surface area (Å²) >= 11 is 0. The van der Waals surface area contributed by atoms with E-state index in [0.717, 1.165) is 5.76 Å². The highest BCUT2D eigenvalue weighted by Gasteiger charge is 2.36. The van der Waals surface area contributed by atoms with E-state index in [-0.39, 0.29) is 5.91 Å². The average Bonchev–Trinajstić information content (AvgIpc) is 2.95. The lowest BCUT2D eigenvalue weighted by molar-refractivity contribution is -0.124. The molecule has 1 saturated carbocycles. The molecule has 1 aromatic rings. The lowest BCUT2D eigenvalue weighted by Gasteiger charge is -2.11. The van der Waals surface area contributed by atoms with Crippen LogP contribution in [-0.4, -0.2) is 24.4 Å². The van der Waals surface area contributed by atoms with Crippen molar-refractivity contribution in [3.8, 4) is 6.07 Å². The summed E-state index contributed by atoms with van der Waals surface area (Å²) in [4.78, 5) is 13.2. The van der Waals surface area contributed by atoms with E-state index in [1.54, 1.807) is 13.1 Å². The number of carbonyl (C=O) groups is 1. The first-order valence-electron chi connectivity index (χ1n) is 6.51. The summed E-state index contributed by atoms with van der Waals surface area (Å²) in [5.74, 6) is 2.86. The molecular weight excluding hydrogens is 240 g/mol. The predicted molar refractivity (Wildman–Crippen MR) is 72.1 cm³/mol. The Kier molecular flexibility index (Phi) is 4.06. The summed E-state index contributed by atoms with van der Waals surface area (Å²) in [6.45, 7) is 2.65. The Balaban J connectivity index is 1.89. The van der Waals surface area contributed by atoms with Crippen molar-refractivity contribution < 1.29 is 9.21 Å². The monoisotopic (exact) mass is 258 g/mol. The zero-order chi connectivity index (χ0) is 13.8. The first-order valence-corrected chi connectivity index (χ1v) is 6.51. The highest BCUT2D eigenvalue weighted by Crippen LogP contribution is 2.47. The van der Waals surface area contributed by atoms with Gasteiger partial charge in [0, 0.05) is 25.6 Å². The normalized spacial score (nSPS) is 21.3. The minimum atomic E-state index is -0.118. The van der Waals surface area contributed by atoms with Crippen LogP contribution < -0.4 is 0 Å². The van der Waals surface area contributed by atoms with Crippen molar-refractivity contribution in [1.82, 2.24) is 4.90 Å². The van der Waals surface area contributed by atoms with Crippen LogP contribution in [0, 0.1) is 17.2 Å². The molecule has 1 aromatic heterocycles. The summed E-state index contributed by atoms with van der Waals surface area (Å²) in [6, 6.07) is 5.89. The highest BCUT2D eigenvalue weighted by atomic mass is 16.3. The van der Waals surface area contributed by atoms with Crippen LogP contribution in [0.3, 0.4) is 0 Å². The Morgan fingerprint density at radius 1 is 1.63 bits per heavy atom. The Labute approximate surface area is 113 Å². The quantitative estimate of drug-likeness (QED) is 0.763. The molecule has 0 saturated heterocycles. The molecule has 4 heteroatoms. The number of hydrogen-bond donors (Lipinski definition) is 0. The van der Waals surface area contributed by atoms with Gasteiger partial charge in [0.1, 0.15) is 11.5 Å². The average molecular weight is 258 g/mol. The largest absolute Gasteiger partial charge is 0.461 e. The number of amides is 1. The predicted octanol–water partition coefficient (Wildman–Crippen LogP) is 2.79. The molecule has 0 radical (unpaired) electrons. The van der Waals surface area contributed by atoms with Gasteiger partial charge >= 0.3 is 0 Å². The van der Waals surface area contributed by atoms with Crippen LogP contribution in [0.1, 0.15) is 37.2 Å². The first kappa shape index (κ1) is 13.4. The van der Waals surface area contributed by atoms with Gasteiger partial charge in [-0.15, -0.1) is 0 Å². The molecule has 2 unspecified atom stereocenters. The number of rotatable bonds is 5. The SMILES string of the molecule is CC1CC1c1ccc(C=CC(=O)N(C)CCC#N)o1. The van der Waals surface area contributed by atoms with Crippen LogP contribution in [0.4, 0.5) is 0 Å². The number of furan rings is 1. The molecule has 1 aliphatic carbocycles. The maximum absolute atomic E-state index is 11.7. The van der Waals surface area contributed by atoms with E-state index in [1.807, 2.05) is 18.2 Å². The van der Waals surface area contributed by atoms with Crippen LogP contribution in [0.2, 0.25) is 0 Å². The zero-order valence-corrected chi connectivity index (χ0v) is 11.3. The maximum atomic E-state index is 11.7. The van der Waals surface area contributed by atoms with Crippen LogP contribution in [0.25, 0.3) is 6.08 Å². The third-order valence-electron chi connectivity index (χ3n) is 3.45. The van der Waals surface area contributed by atoms with Crippen molar-refractivity contribution in [2.24, 2.45) is 5.92 Å². The van der Waals surface area contributed by atoms with Crippen molar-refractivity contribution in [2.75, 3.05) is 13.6 Å². The van der Waals surface area contributed by atoms with Gasteiger partial charge in [-0.2, -0.15) is 5.26 Å². The van der Waals surface area contributed by atoms with Crippen LogP contribution in [-0.2, 0) is 4.79 Å². The topological polar surface area (TPSA) is 57.2 Å². The molecule has 0 aromatic carbocycles. The van der Waals surface area contributed by atoms with Crippen molar-refractivity contribution >= 4 is 12.0 Å². The first-order chi connectivity index (χ1) is 9.11. The van der Waals surface area contributed by atoms with Gasteiger partial charge in [0.15, 0.2) is 0 Å². The Bertz CT molecular complexity index is 524. The minimum Gasteiger partial charge on any atom is -0.461 e. The van der Waals surface area contributed by atoms with Gasteiger partial charge in [0.05, 0.1) is 12.5 Å². The second kappa shape index (κ2) is 5.75. The van der Waals surface area contributed by atoms with Crippen LogP contribution >= 0.6 is 0 Å². The van der Waals surface area contributed by atoms with E-state index in [9.17, 15) is 4.79 Å². The molecule has 1 aliphatic rings. The van der Waals surface area contributed by atoms with Crippen molar-refractivity contribution in [3.63, 3.8) is 0 Å². The van der Waals surface area contributed by atoms with E-state index >= 15 is 0 Å². The molecule has 1 heterocycles. The molecule has 19 heavy (non-hydrogen) atoms. The summed E-state index contributed by atoms with van der Waals surface area (Å²) in [7, 11) is 1.68. The van der Waals surface area contributed by atoms with Crippen molar-refractivity contribution in [1.29, 1.82) is 5.26 Å². The fraction of sp³-hybridized carbons (Fsp3) is 0.467. The highest BCUT2D eigenvalue weighted by molar-refractivity contribution is 5.91. The summed E-state index contributed by atoms with van der Waals surface area (Å²) in [6.07, 6.45) is 4.70. The standard InChI is InChI=1S/C15H18N2O2/c1-11-10-13(11)14-6-4-12(19-14)5-7-15(18)17(2)9-3-8-16/h4-7,11,13H,3,9-10H2,1-2H3. The van der Waals surface area contributed by atoms with E-state index < -0.39 is 0 Å². The maximum Gasteiger partial charge on any atom is 0.246 e. The van der Waals surface area contributed by atoms with E-state index in [4.69, 9.17) is 9.68 Å². The van der Waals surface area contributed by atoms with Gasteiger partial charge < -0.3 is 9.32 Å². The molecule has 0 spiro atoms. The molecule has 2 atom stereocenters. The number of carbonyl (C=O) groups excluding carboxylic acids is 1.